The van der Waals surface area contributed by atoms with Crippen molar-refractivity contribution in [2.75, 3.05) is 6.61 Å². The number of halogens is 3. The third kappa shape index (κ3) is 5.77. The second kappa shape index (κ2) is 9.05. The second-order valence-electron chi connectivity index (χ2n) is 4.73. The summed E-state index contributed by atoms with van der Waals surface area (Å²) in [5.41, 5.74) is 4.37. The maximum atomic E-state index is 13.5. The Morgan fingerprint density at radius 2 is 1.76 bits per heavy atom. The fourth-order valence-electron chi connectivity index (χ4n) is 1.74. The summed E-state index contributed by atoms with van der Waals surface area (Å²) in [5.74, 6) is -1.47. The summed E-state index contributed by atoms with van der Waals surface area (Å²) in [6, 6.07) is 10.8. The van der Waals surface area contributed by atoms with E-state index in [0.29, 0.717) is 10.8 Å². The number of hydrazine groups is 1. The van der Waals surface area contributed by atoms with Crippen LogP contribution in [0, 0.1) is 5.82 Å². The second-order valence-corrected chi connectivity index (χ2v) is 5.54. The van der Waals surface area contributed by atoms with Crippen LogP contribution in [0.3, 0.4) is 0 Å². The van der Waals surface area contributed by atoms with Crippen molar-refractivity contribution in [3.8, 4) is 5.75 Å². The Balaban J connectivity index is 1.80. The van der Waals surface area contributed by atoms with Gasteiger partial charge in [0.15, 0.2) is 6.61 Å². The summed E-state index contributed by atoms with van der Waals surface area (Å²) in [7, 11) is 0. The van der Waals surface area contributed by atoms with Crippen molar-refractivity contribution in [3.63, 3.8) is 0 Å². The number of benzene rings is 2. The Bertz CT molecular complexity index is 792. The molecule has 0 radical (unpaired) electrons. The van der Waals surface area contributed by atoms with Crippen molar-refractivity contribution in [2.24, 2.45) is 0 Å². The molecule has 2 aromatic rings. The highest BCUT2D eigenvalue weighted by Gasteiger charge is 2.07. The van der Waals surface area contributed by atoms with Gasteiger partial charge in [-0.05, 0) is 30.3 Å². The van der Waals surface area contributed by atoms with Crippen LogP contribution in [0.4, 0.5) is 4.39 Å². The number of amides is 2. The van der Waals surface area contributed by atoms with E-state index in [1.54, 1.807) is 24.3 Å². The van der Waals surface area contributed by atoms with E-state index in [4.69, 9.17) is 27.9 Å². The Labute approximate surface area is 153 Å². The molecule has 0 aliphatic carbocycles. The van der Waals surface area contributed by atoms with Gasteiger partial charge in [-0.3, -0.25) is 20.4 Å². The lowest BCUT2D eigenvalue weighted by molar-refractivity contribution is -0.128. The highest BCUT2D eigenvalue weighted by atomic mass is 35.5. The van der Waals surface area contributed by atoms with Gasteiger partial charge in [0.05, 0.1) is 10.0 Å². The normalized spacial score (nSPS) is 10.5. The van der Waals surface area contributed by atoms with E-state index in [-0.39, 0.29) is 17.2 Å². The number of hydrogen-bond donors (Lipinski definition) is 2. The van der Waals surface area contributed by atoms with Gasteiger partial charge in [0.2, 0.25) is 0 Å². The zero-order valence-electron chi connectivity index (χ0n) is 12.8. The van der Waals surface area contributed by atoms with Crippen LogP contribution in [0.25, 0.3) is 6.08 Å². The monoisotopic (exact) mass is 382 g/mol. The average molecular weight is 383 g/mol. The highest BCUT2D eigenvalue weighted by Crippen LogP contribution is 2.22. The molecule has 0 fully saturated rings. The molecule has 0 aromatic heterocycles. The number of carbonyl (C=O) groups excluding carboxylic acids is 2. The lowest BCUT2D eigenvalue weighted by Gasteiger charge is -2.08. The Kier molecular flexibility index (Phi) is 6.80. The molecule has 0 saturated heterocycles. The van der Waals surface area contributed by atoms with Crippen molar-refractivity contribution in [1.82, 2.24) is 10.9 Å². The van der Waals surface area contributed by atoms with Gasteiger partial charge in [-0.25, -0.2) is 4.39 Å². The zero-order chi connectivity index (χ0) is 18.2. The molecule has 8 heteroatoms. The predicted octanol–water partition coefficient (Wildman–Crippen LogP) is 3.37. The molecule has 5 nitrogen and oxygen atoms in total. The molecule has 0 aliphatic rings. The Morgan fingerprint density at radius 1 is 1.04 bits per heavy atom. The molecule has 0 spiro atoms. The van der Waals surface area contributed by atoms with Crippen LogP contribution >= 0.6 is 23.2 Å². The first-order valence-corrected chi connectivity index (χ1v) is 7.81. The van der Waals surface area contributed by atoms with E-state index in [1.807, 2.05) is 0 Å². The van der Waals surface area contributed by atoms with E-state index >= 15 is 0 Å². The molecule has 0 unspecified atom stereocenters. The van der Waals surface area contributed by atoms with Crippen molar-refractivity contribution in [1.29, 1.82) is 0 Å². The highest BCUT2D eigenvalue weighted by molar-refractivity contribution is 6.32. The maximum absolute atomic E-state index is 13.5. The van der Waals surface area contributed by atoms with Crippen LogP contribution in [0.15, 0.2) is 48.5 Å². The minimum atomic E-state index is -0.662. The van der Waals surface area contributed by atoms with Gasteiger partial charge in [-0.2, -0.15) is 0 Å². The minimum absolute atomic E-state index is 0.0766. The first kappa shape index (κ1) is 18.8. The molecule has 130 valence electrons. The van der Waals surface area contributed by atoms with Crippen molar-refractivity contribution >= 4 is 41.1 Å². The van der Waals surface area contributed by atoms with Crippen molar-refractivity contribution in [2.45, 2.75) is 0 Å². The molecule has 0 bridgehead atoms. The third-order valence-electron chi connectivity index (χ3n) is 2.92. The lowest BCUT2D eigenvalue weighted by Crippen LogP contribution is -2.43. The Hall–Kier alpha value is -2.57. The van der Waals surface area contributed by atoms with E-state index < -0.39 is 17.6 Å². The van der Waals surface area contributed by atoms with Crippen LogP contribution in [0.5, 0.6) is 5.75 Å². The van der Waals surface area contributed by atoms with Gasteiger partial charge < -0.3 is 4.74 Å². The molecule has 0 heterocycles. The van der Waals surface area contributed by atoms with Crippen LogP contribution in [-0.2, 0) is 9.59 Å². The van der Waals surface area contributed by atoms with E-state index in [9.17, 15) is 14.0 Å². The van der Waals surface area contributed by atoms with Gasteiger partial charge in [0, 0.05) is 11.6 Å². The van der Waals surface area contributed by atoms with E-state index in [2.05, 4.69) is 10.9 Å². The summed E-state index contributed by atoms with van der Waals surface area (Å²) >= 11 is 11.7. The predicted molar refractivity (Wildman–Crippen MR) is 93.7 cm³/mol. The summed E-state index contributed by atoms with van der Waals surface area (Å²) in [5, 5.41) is 0.533. The van der Waals surface area contributed by atoms with Gasteiger partial charge in [-0.15, -0.1) is 0 Å². The summed E-state index contributed by atoms with van der Waals surface area (Å²) < 4.78 is 18.8. The van der Waals surface area contributed by atoms with Crippen molar-refractivity contribution < 1.29 is 18.7 Å². The van der Waals surface area contributed by atoms with Crippen LogP contribution in [0.1, 0.15) is 5.56 Å². The Morgan fingerprint density at radius 3 is 2.48 bits per heavy atom. The number of para-hydroxylation sites is 1. The number of ether oxygens (including phenoxy) is 1. The van der Waals surface area contributed by atoms with Gasteiger partial charge >= 0.3 is 0 Å². The minimum Gasteiger partial charge on any atom is -0.482 e. The van der Waals surface area contributed by atoms with Crippen molar-refractivity contribution in [3.05, 3.63) is 70.0 Å². The summed E-state index contributed by atoms with van der Waals surface area (Å²) in [4.78, 5) is 23.2. The largest absolute Gasteiger partial charge is 0.482 e. The fourth-order valence-corrected chi connectivity index (χ4v) is 2.16. The van der Waals surface area contributed by atoms with E-state index in [0.717, 1.165) is 6.08 Å². The van der Waals surface area contributed by atoms with Gasteiger partial charge in [0.25, 0.3) is 11.8 Å². The lowest BCUT2D eigenvalue weighted by atomic mass is 10.2. The summed E-state index contributed by atoms with van der Waals surface area (Å²) in [6.07, 6.45) is 2.25. The third-order valence-corrected chi connectivity index (χ3v) is 3.56. The van der Waals surface area contributed by atoms with Crippen LogP contribution in [-0.4, -0.2) is 18.4 Å². The molecule has 0 saturated carbocycles. The molecule has 2 rings (SSSR count). The van der Waals surface area contributed by atoms with Crippen LogP contribution < -0.4 is 15.6 Å². The number of rotatable bonds is 5. The number of carbonyl (C=O) groups is 2. The molecule has 0 atom stereocenters. The fraction of sp³-hybridized carbons (Fsp3) is 0.0588. The first-order chi connectivity index (χ1) is 12.0. The maximum Gasteiger partial charge on any atom is 0.276 e. The number of hydrogen-bond acceptors (Lipinski definition) is 3. The number of nitrogens with one attached hydrogen (secondary N) is 2. The summed E-state index contributed by atoms with van der Waals surface area (Å²) in [6.45, 7) is -0.340. The molecule has 25 heavy (non-hydrogen) atoms. The smallest absolute Gasteiger partial charge is 0.276 e. The zero-order valence-corrected chi connectivity index (χ0v) is 14.3. The molecule has 2 aromatic carbocycles. The average Bonchev–Trinajstić information content (AvgIpc) is 2.59. The molecular formula is C17H13Cl2FN2O3. The van der Waals surface area contributed by atoms with Crippen LogP contribution in [0.2, 0.25) is 10.0 Å². The standard InChI is InChI=1S/C17H13Cl2FN2O3/c18-12-5-3-6-14(20)11(12)8-9-16(23)21-22-17(24)10-25-15-7-2-1-4-13(15)19/h1-9H,10H2,(H,21,23)(H,22,24)/b9-8+. The molecular weight excluding hydrogens is 370 g/mol. The molecule has 2 amide bonds. The SMILES string of the molecule is O=C(/C=C/c1c(F)cccc1Cl)NNC(=O)COc1ccccc1Cl. The first-order valence-electron chi connectivity index (χ1n) is 7.05. The van der Waals surface area contributed by atoms with Gasteiger partial charge in [-0.1, -0.05) is 41.4 Å². The molecule has 0 aliphatic heterocycles. The topological polar surface area (TPSA) is 67.4 Å². The quantitative estimate of drug-likeness (QED) is 0.615. The van der Waals surface area contributed by atoms with Gasteiger partial charge in [0.1, 0.15) is 11.6 Å². The molecule has 2 N–H and O–H groups in total. The van der Waals surface area contributed by atoms with E-state index in [1.165, 1.54) is 24.3 Å².